The summed E-state index contributed by atoms with van der Waals surface area (Å²) in [6.07, 6.45) is 1.51. The maximum absolute atomic E-state index is 12.5. The van der Waals surface area contributed by atoms with E-state index < -0.39 is 96.5 Å². The molecule has 0 fully saturated rings. The van der Waals surface area contributed by atoms with Gasteiger partial charge in [0.25, 0.3) is 22.9 Å². The molecule has 0 bridgehead atoms. The Kier molecular flexibility index (Phi) is 7.77. The van der Waals surface area contributed by atoms with Crippen LogP contribution in [0.1, 0.15) is 0 Å². The van der Waals surface area contributed by atoms with Crippen molar-refractivity contribution >= 4 is 34.1 Å². The molecule has 0 aromatic heterocycles. The number of nitro benzene ring substituents is 6. The molecule has 0 N–H and O–H groups in total. The van der Waals surface area contributed by atoms with Gasteiger partial charge in [-0.2, -0.15) is 0 Å². The summed E-state index contributed by atoms with van der Waals surface area (Å²) in [6, 6.07) is 0.219. The number of rotatable bonds is 12. The molecule has 0 saturated carbocycles. The quantitative estimate of drug-likeness (QED) is 0.186. The van der Waals surface area contributed by atoms with E-state index >= 15 is 0 Å². The fraction of sp³-hybridized carbons (Fsp3) is 0.111. The van der Waals surface area contributed by atoms with Crippen molar-refractivity contribution in [1.82, 2.24) is 0 Å². The van der Waals surface area contributed by atoms with Crippen molar-refractivity contribution in [1.29, 1.82) is 0 Å². The van der Waals surface area contributed by atoms with Gasteiger partial charge in [0.2, 0.25) is 0 Å². The first-order chi connectivity index (χ1) is 20.4. The van der Waals surface area contributed by atoms with Crippen LogP contribution in [0.5, 0.6) is 11.5 Å². The summed E-state index contributed by atoms with van der Waals surface area (Å²) in [6.45, 7) is 0. The lowest BCUT2D eigenvalue weighted by Crippen LogP contribution is -2.68. The highest BCUT2D eigenvalue weighted by Crippen LogP contribution is 2.49. The lowest BCUT2D eigenvalue weighted by molar-refractivity contribution is -0.725. The Morgan fingerprint density at radius 3 is 0.864 bits per heavy atom. The Bertz CT molecular complexity index is 1570. The summed E-state index contributed by atoms with van der Waals surface area (Å²) in [5, 5.41) is 94.2. The molecule has 0 amide bonds. The first-order valence-electron chi connectivity index (χ1n) is 10.7. The van der Waals surface area contributed by atoms with Crippen LogP contribution in [-0.2, 0) is 0 Å². The topological polar surface area (TPSA) is 364 Å². The lowest BCUT2D eigenvalue weighted by Gasteiger charge is -2.33. The van der Waals surface area contributed by atoms with E-state index in [-0.39, 0.29) is 36.4 Å². The highest BCUT2D eigenvalue weighted by Gasteiger charge is 2.77. The highest BCUT2D eigenvalue weighted by molar-refractivity contribution is 5.67. The van der Waals surface area contributed by atoms with Gasteiger partial charge in [-0.1, -0.05) is 12.2 Å². The van der Waals surface area contributed by atoms with Gasteiger partial charge in [-0.25, -0.2) is 0 Å². The van der Waals surface area contributed by atoms with E-state index in [1.807, 2.05) is 0 Å². The minimum atomic E-state index is -4.07. The monoisotopic (exact) mass is 624 g/mol. The van der Waals surface area contributed by atoms with Gasteiger partial charge >= 0.3 is 34.2 Å². The molecule has 0 saturated heterocycles. The van der Waals surface area contributed by atoms with Crippen molar-refractivity contribution < 1.29 is 48.9 Å². The molecule has 26 heteroatoms. The number of benzene rings is 2. The number of ether oxygens (including phenoxy) is 2. The Morgan fingerprint density at radius 1 is 0.432 bits per heavy atom. The molecule has 0 heterocycles. The first-order valence-corrected chi connectivity index (χ1v) is 10.7. The van der Waals surface area contributed by atoms with E-state index in [2.05, 4.69) is 0 Å². The minimum Gasteiger partial charge on any atom is -0.401 e. The van der Waals surface area contributed by atoms with E-state index in [9.17, 15) is 80.9 Å². The summed E-state index contributed by atoms with van der Waals surface area (Å²) in [7, 11) is 0. The fourth-order valence-electron chi connectivity index (χ4n) is 3.72. The predicted molar refractivity (Wildman–Crippen MR) is 132 cm³/mol. The second-order valence-electron chi connectivity index (χ2n) is 8.00. The summed E-state index contributed by atoms with van der Waals surface area (Å²) < 4.78 is 9.96. The van der Waals surface area contributed by atoms with Gasteiger partial charge in [-0.3, -0.25) is 80.9 Å². The normalized spacial score (nSPS) is 18.5. The Hall–Kier alpha value is -7.28. The summed E-state index contributed by atoms with van der Waals surface area (Å²) in [4.78, 5) is 82.0. The third kappa shape index (κ3) is 5.02. The van der Waals surface area contributed by atoms with Crippen molar-refractivity contribution in [2.24, 2.45) is 0 Å². The second-order valence-corrected chi connectivity index (χ2v) is 8.00. The highest BCUT2D eigenvalue weighted by atomic mass is 16.7. The average Bonchev–Trinajstić information content (AvgIpc) is 2.92. The van der Waals surface area contributed by atoms with Crippen LogP contribution in [0.2, 0.25) is 0 Å². The molecule has 228 valence electrons. The number of non-ortho nitro benzene ring substituents is 2. The molecule has 2 unspecified atom stereocenters. The zero-order valence-electron chi connectivity index (χ0n) is 20.5. The molecule has 0 aliphatic heterocycles. The maximum Gasteiger partial charge on any atom is 0.497 e. The third-order valence-electron chi connectivity index (χ3n) is 5.60. The van der Waals surface area contributed by atoms with Crippen LogP contribution < -0.4 is 9.47 Å². The van der Waals surface area contributed by atoms with Crippen LogP contribution in [0.25, 0.3) is 0 Å². The van der Waals surface area contributed by atoms with Gasteiger partial charge in [0, 0.05) is 12.2 Å². The Balaban J connectivity index is 2.47. The van der Waals surface area contributed by atoms with E-state index in [0.29, 0.717) is 12.2 Å². The van der Waals surface area contributed by atoms with Crippen LogP contribution in [0.3, 0.4) is 0 Å². The minimum absolute atomic E-state index is 0.0546. The van der Waals surface area contributed by atoms with Gasteiger partial charge in [-0.15, -0.1) is 0 Å². The smallest absolute Gasteiger partial charge is 0.401 e. The second kappa shape index (κ2) is 10.9. The SMILES string of the molecule is O=[N+]([O-])c1cc([N+](=O)[O-])c(OC2([N+](=O)[O-])C=CC=CC2(Oc2c([N+](=O)[O-])cc([N+](=O)[O-])cc2[N+](=O)[O-])[N+](=O)[O-])c([N+](=O)[O-])c1. The van der Waals surface area contributed by atoms with Crippen molar-refractivity contribution in [3.63, 3.8) is 0 Å². The fourth-order valence-corrected chi connectivity index (χ4v) is 3.72. The Labute approximate surface area is 236 Å². The molecular formula is C18H8N8O18. The molecule has 0 spiro atoms. The van der Waals surface area contributed by atoms with Gasteiger partial charge in [0.1, 0.15) is 0 Å². The lowest BCUT2D eigenvalue weighted by atomic mass is 9.94. The van der Waals surface area contributed by atoms with Crippen molar-refractivity contribution in [3.8, 4) is 11.5 Å². The summed E-state index contributed by atoms with van der Waals surface area (Å²) in [5.41, 5.74) is -17.5. The number of hydrogen-bond donors (Lipinski definition) is 0. The number of hydrogen-bond acceptors (Lipinski definition) is 18. The van der Waals surface area contributed by atoms with Crippen molar-refractivity contribution in [2.45, 2.75) is 11.4 Å². The molecule has 0 radical (unpaired) electrons. The molecule has 26 nitrogen and oxygen atoms in total. The van der Waals surface area contributed by atoms with E-state index in [1.54, 1.807) is 0 Å². The summed E-state index contributed by atoms with van der Waals surface area (Å²) >= 11 is 0. The molecule has 3 rings (SSSR count). The van der Waals surface area contributed by atoms with Crippen LogP contribution >= 0.6 is 0 Å². The predicted octanol–water partition coefficient (Wildman–Crippen LogP) is 2.67. The van der Waals surface area contributed by atoms with Crippen LogP contribution in [0, 0.1) is 80.9 Å². The van der Waals surface area contributed by atoms with Crippen LogP contribution in [0.15, 0.2) is 48.6 Å². The maximum atomic E-state index is 12.5. The van der Waals surface area contributed by atoms with E-state index in [0.717, 1.165) is 0 Å². The van der Waals surface area contributed by atoms with Crippen LogP contribution in [-0.4, -0.2) is 50.8 Å². The van der Waals surface area contributed by atoms with Crippen molar-refractivity contribution in [3.05, 3.63) is 129 Å². The largest absolute Gasteiger partial charge is 0.497 e. The third-order valence-corrected chi connectivity index (χ3v) is 5.60. The number of nitro groups is 8. The zero-order valence-corrected chi connectivity index (χ0v) is 20.5. The van der Waals surface area contributed by atoms with Gasteiger partial charge in [-0.05, 0) is 0 Å². The molecule has 2 aromatic carbocycles. The zero-order chi connectivity index (χ0) is 33.3. The first kappa shape index (κ1) is 31.3. The molecule has 1 aliphatic carbocycles. The van der Waals surface area contributed by atoms with Gasteiger partial charge in [0.15, 0.2) is 0 Å². The average molecular weight is 624 g/mol. The van der Waals surface area contributed by atoms with Gasteiger partial charge < -0.3 is 9.47 Å². The molecule has 1 aliphatic rings. The van der Waals surface area contributed by atoms with E-state index in [1.165, 1.54) is 0 Å². The van der Waals surface area contributed by atoms with Crippen LogP contribution in [0.4, 0.5) is 34.1 Å². The molecular weight excluding hydrogens is 616 g/mol. The standard InChI is InChI=1S/C18H8N8O18/c27-19(28)9-5-11(21(31)32)15(12(6-9)22(33)34)43-17(25(39)40)3-1-2-4-18(17,26(41)42)44-16-13(23(35)36)7-10(20(29)30)8-14(16)24(37)38/h1-8H. The number of allylic oxidation sites excluding steroid dienone is 2. The molecule has 2 aromatic rings. The van der Waals surface area contributed by atoms with Crippen molar-refractivity contribution in [2.75, 3.05) is 0 Å². The molecule has 2 atom stereocenters. The van der Waals surface area contributed by atoms with Gasteiger partial charge in [0.05, 0.1) is 63.7 Å². The molecule has 44 heavy (non-hydrogen) atoms. The Morgan fingerprint density at radius 2 is 0.682 bits per heavy atom. The van der Waals surface area contributed by atoms with E-state index in [4.69, 9.17) is 9.47 Å². The number of nitrogens with zero attached hydrogens (tertiary/aromatic N) is 8. The summed E-state index contributed by atoms with van der Waals surface area (Å²) in [5.74, 6) is -3.55.